The number of hydrogen-bond donors (Lipinski definition) is 2. The van der Waals surface area contributed by atoms with Gasteiger partial charge in [-0.15, -0.1) is 24.0 Å². The number of nitrogens with zero attached hydrogens (tertiary/aromatic N) is 2. The van der Waals surface area contributed by atoms with Gasteiger partial charge in [0.05, 0.1) is 6.10 Å². The topological polar surface area (TPSA) is 48.9 Å². The summed E-state index contributed by atoms with van der Waals surface area (Å²) in [7, 11) is 0. The number of benzene rings is 1. The van der Waals surface area contributed by atoms with Gasteiger partial charge in [0.1, 0.15) is 0 Å². The van der Waals surface area contributed by atoms with Crippen LogP contribution in [-0.4, -0.2) is 56.2 Å². The molecule has 2 saturated heterocycles. The molecule has 0 spiro atoms. The number of guanidine groups is 1. The highest BCUT2D eigenvalue weighted by Gasteiger charge is 2.29. The molecule has 1 aromatic carbocycles. The second kappa shape index (κ2) is 12.5. The van der Waals surface area contributed by atoms with Crippen molar-refractivity contribution < 1.29 is 4.74 Å². The van der Waals surface area contributed by atoms with E-state index < -0.39 is 0 Å². The van der Waals surface area contributed by atoms with E-state index in [4.69, 9.17) is 9.73 Å². The molecule has 2 N–H and O–H groups in total. The Hall–Kier alpha value is -1.12. The van der Waals surface area contributed by atoms with Crippen molar-refractivity contribution in [2.75, 3.05) is 39.3 Å². The molecule has 0 bridgehead atoms. The van der Waals surface area contributed by atoms with E-state index in [9.17, 15) is 0 Å². The highest BCUT2D eigenvalue weighted by atomic mass is 127. The summed E-state index contributed by atoms with van der Waals surface area (Å²) in [6.07, 6.45) is 3.54. The summed E-state index contributed by atoms with van der Waals surface area (Å²) in [6, 6.07) is 11.0. The van der Waals surface area contributed by atoms with Crippen molar-refractivity contribution in [1.82, 2.24) is 15.5 Å². The van der Waals surface area contributed by atoms with Crippen LogP contribution in [0.25, 0.3) is 0 Å². The lowest BCUT2D eigenvalue weighted by molar-refractivity contribution is 0.0925. The van der Waals surface area contributed by atoms with Crippen LogP contribution in [0.1, 0.15) is 44.8 Å². The van der Waals surface area contributed by atoms with E-state index in [-0.39, 0.29) is 30.1 Å². The van der Waals surface area contributed by atoms with Gasteiger partial charge in [-0.3, -0.25) is 9.89 Å². The number of piperidine rings is 1. The summed E-state index contributed by atoms with van der Waals surface area (Å²) in [5.41, 5.74) is 2.51. The fraction of sp³-hybridized carbons (Fsp3) is 0.609. The Bertz CT molecular complexity index is 644. The normalized spacial score (nSPS) is 23.4. The lowest BCUT2D eigenvalue weighted by atomic mass is 9.95. The highest BCUT2D eigenvalue weighted by molar-refractivity contribution is 14.0. The molecule has 1 aromatic rings. The maximum atomic E-state index is 6.01. The fourth-order valence-electron chi connectivity index (χ4n) is 4.17. The molecular formula is C23H37IN4O. The molecule has 0 radical (unpaired) electrons. The molecule has 0 saturated carbocycles. The van der Waals surface area contributed by atoms with E-state index in [0.29, 0.717) is 12.0 Å². The predicted octanol–water partition coefficient (Wildman–Crippen LogP) is 3.98. The zero-order chi connectivity index (χ0) is 19.8. The van der Waals surface area contributed by atoms with Crippen molar-refractivity contribution in [2.24, 2.45) is 10.9 Å². The lowest BCUT2D eigenvalue weighted by Crippen LogP contribution is -2.49. The Balaban J connectivity index is 0.00000300. The van der Waals surface area contributed by atoms with Crippen LogP contribution >= 0.6 is 24.0 Å². The summed E-state index contributed by atoms with van der Waals surface area (Å²) >= 11 is 0. The van der Waals surface area contributed by atoms with Crippen molar-refractivity contribution >= 4 is 29.9 Å². The van der Waals surface area contributed by atoms with Crippen LogP contribution in [0.4, 0.5) is 0 Å². The summed E-state index contributed by atoms with van der Waals surface area (Å²) in [6.45, 7) is 14.0. The quantitative estimate of drug-likeness (QED) is 0.251. The lowest BCUT2D eigenvalue weighted by Gasteiger charge is -2.33. The van der Waals surface area contributed by atoms with Crippen LogP contribution in [0.3, 0.4) is 0 Å². The van der Waals surface area contributed by atoms with Gasteiger partial charge < -0.3 is 15.4 Å². The molecule has 2 heterocycles. The van der Waals surface area contributed by atoms with Gasteiger partial charge in [-0.25, -0.2) is 0 Å². The Kier molecular flexibility index (Phi) is 10.4. The number of hydrogen-bond acceptors (Lipinski definition) is 3. The smallest absolute Gasteiger partial charge is 0.191 e. The van der Waals surface area contributed by atoms with Gasteiger partial charge in [0.25, 0.3) is 0 Å². The minimum atomic E-state index is 0. The highest BCUT2D eigenvalue weighted by Crippen LogP contribution is 2.34. The third-order valence-electron chi connectivity index (χ3n) is 5.59. The first kappa shape index (κ1) is 24.2. The number of nitrogens with one attached hydrogen (secondary N) is 2. The molecule has 5 nitrogen and oxygen atoms in total. The van der Waals surface area contributed by atoms with E-state index in [1.54, 1.807) is 0 Å². The van der Waals surface area contributed by atoms with E-state index >= 15 is 0 Å². The molecule has 0 aliphatic carbocycles. The van der Waals surface area contributed by atoms with Gasteiger partial charge >= 0.3 is 0 Å². The van der Waals surface area contributed by atoms with Crippen molar-refractivity contribution in [3.63, 3.8) is 0 Å². The van der Waals surface area contributed by atoms with Crippen LogP contribution in [0.2, 0.25) is 0 Å². The van der Waals surface area contributed by atoms with Crippen LogP contribution in [0.5, 0.6) is 0 Å². The molecule has 3 rings (SSSR count). The average molecular weight is 512 g/mol. The molecule has 2 fully saturated rings. The van der Waals surface area contributed by atoms with Gasteiger partial charge in [-0.1, -0.05) is 42.5 Å². The van der Waals surface area contributed by atoms with E-state index in [2.05, 4.69) is 66.3 Å². The molecule has 2 aliphatic heterocycles. The minimum Gasteiger partial charge on any atom is -0.373 e. The molecular weight excluding hydrogens is 475 g/mol. The molecule has 162 valence electrons. The van der Waals surface area contributed by atoms with Gasteiger partial charge in [0.2, 0.25) is 0 Å². The predicted molar refractivity (Wildman–Crippen MR) is 132 cm³/mol. The average Bonchev–Trinajstić information content (AvgIpc) is 3.17. The molecule has 29 heavy (non-hydrogen) atoms. The Morgan fingerprint density at radius 3 is 2.59 bits per heavy atom. The molecule has 2 aliphatic rings. The van der Waals surface area contributed by atoms with Gasteiger partial charge in [0.15, 0.2) is 5.96 Å². The third-order valence-corrected chi connectivity index (χ3v) is 5.59. The van der Waals surface area contributed by atoms with Crippen LogP contribution in [0.15, 0.2) is 47.5 Å². The van der Waals surface area contributed by atoms with Crippen LogP contribution in [0, 0.1) is 5.92 Å². The first-order valence-corrected chi connectivity index (χ1v) is 10.7. The second-order valence-electron chi connectivity index (χ2n) is 8.12. The van der Waals surface area contributed by atoms with Crippen molar-refractivity contribution in [1.29, 1.82) is 0 Å². The fourth-order valence-corrected chi connectivity index (χ4v) is 4.17. The Labute approximate surface area is 193 Å². The number of rotatable bonds is 7. The third kappa shape index (κ3) is 7.57. The minimum absolute atomic E-state index is 0. The van der Waals surface area contributed by atoms with Crippen LogP contribution in [-0.2, 0) is 4.74 Å². The number of likely N-dealkylation sites (tertiary alicyclic amines) is 1. The van der Waals surface area contributed by atoms with Gasteiger partial charge in [-0.05, 0) is 38.7 Å². The molecule has 2 unspecified atom stereocenters. The summed E-state index contributed by atoms with van der Waals surface area (Å²) in [4.78, 5) is 7.41. The second-order valence-corrected chi connectivity index (χ2v) is 8.12. The first-order valence-electron chi connectivity index (χ1n) is 10.7. The van der Waals surface area contributed by atoms with Crippen molar-refractivity contribution in [2.45, 2.75) is 45.3 Å². The maximum Gasteiger partial charge on any atom is 0.191 e. The zero-order valence-electron chi connectivity index (χ0n) is 17.9. The zero-order valence-corrected chi connectivity index (χ0v) is 20.2. The standard InChI is InChI=1S/C23H36N4O.HI/c1-4-24-23(26-21-10-13-27(14-11-21)17-18(2)3)25-16-20-12-15-28-22(20)19-8-6-5-7-9-19;/h5-9,20-22H,2,4,10-17H2,1,3H3,(H2,24,25,26);1H. The first-order chi connectivity index (χ1) is 13.7. The van der Waals surface area contributed by atoms with E-state index in [1.807, 2.05) is 0 Å². The molecule has 2 atom stereocenters. The monoisotopic (exact) mass is 512 g/mol. The van der Waals surface area contributed by atoms with Gasteiger partial charge in [-0.2, -0.15) is 0 Å². The number of halogens is 1. The summed E-state index contributed by atoms with van der Waals surface area (Å²) in [5, 5.41) is 7.08. The molecule has 6 heteroatoms. The summed E-state index contributed by atoms with van der Waals surface area (Å²) in [5.74, 6) is 1.38. The number of aliphatic imine (C=N–C) groups is 1. The van der Waals surface area contributed by atoms with Gasteiger partial charge in [0, 0.05) is 51.3 Å². The van der Waals surface area contributed by atoms with Crippen molar-refractivity contribution in [3.05, 3.63) is 48.0 Å². The Morgan fingerprint density at radius 2 is 1.93 bits per heavy atom. The Morgan fingerprint density at radius 1 is 1.21 bits per heavy atom. The SMILES string of the molecule is C=C(C)CN1CCC(NC(=NCC2CCOC2c2ccccc2)NCC)CC1.I. The van der Waals surface area contributed by atoms with E-state index in [0.717, 1.165) is 64.6 Å². The molecule has 0 aromatic heterocycles. The summed E-state index contributed by atoms with van der Waals surface area (Å²) < 4.78 is 6.01. The number of ether oxygens (including phenoxy) is 1. The van der Waals surface area contributed by atoms with Crippen LogP contribution < -0.4 is 10.6 Å². The molecule has 0 amide bonds. The maximum absolute atomic E-state index is 6.01. The largest absolute Gasteiger partial charge is 0.373 e. The van der Waals surface area contributed by atoms with Crippen molar-refractivity contribution in [3.8, 4) is 0 Å². The van der Waals surface area contributed by atoms with E-state index in [1.165, 1.54) is 11.1 Å².